The molecule has 0 fully saturated rings. The van der Waals surface area contributed by atoms with Gasteiger partial charge in [0.1, 0.15) is 6.61 Å². The second-order valence-electron chi connectivity index (χ2n) is 3.00. The van der Waals surface area contributed by atoms with Crippen LogP contribution in [0.15, 0.2) is 42.9 Å². The summed E-state index contributed by atoms with van der Waals surface area (Å²) in [6.07, 6.45) is 3.24. The Morgan fingerprint density at radius 3 is 2.80 bits per heavy atom. The van der Waals surface area contributed by atoms with Crippen molar-refractivity contribution in [2.24, 2.45) is 0 Å². The molecule has 0 aliphatic rings. The first-order chi connectivity index (χ1) is 7.36. The van der Waals surface area contributed by atoms with Crippen LogP contribution < -0.4 is 0 Å². The van der Waals surface area contributed by atoms with E-state index in [0.717, 1.165) is 0 Å². The highest BCUT2D eigenvalue weighted by molar-refractivity contribution is 5.89. The average molecular weight is 202 g/mol. The van der Waals surface area contributed by atoms with E-state index >= 15 is 0 Å². The van der Waals surface area contributed by atoms with Crippen molar-refractivity contribution in [3.05, 3.63) is 54.1 Å². The van der Waals surface area contributed by atoms with Crippen LogP contribution in [-0.4, -0.2) is 15.9 Å². The van der Waals surface area contributed by atoms with Gasteiger partial charge in [0, 0.05) is 6.20 Å². The molecule has 1 aromatic heterocycles. The van der Waals surface area contributed by atoms with Gasteiger partial charge in [-0.1, -0.05) is 18.2 Å². The molecule has 0 radical (unpaired) electrons. The topological polar surface area (TPSA) is 55.0 Å². The lowest BCUT2D eigenvalue weighted by molar-refractivity contribution is 0.0468. The van der Waals surface area contributed by atoms with Crippen molar-refractivity contribution < 1.29 is 9.53 Å². The van der Waals surface area contributed by atoms with E-state index in [9.17, 15) is 4.79 Å². The van der Waals surface area contributed by atoms with Crippen molar-refractivity contribution in [1.29, 1.82) is 0 Å². The molecule has 1 heterocycles. The minimum absolute atomic E-state index is 0.192. The monoisotopic (exact) mass is 202 g/mol. The summed E-state index contributed by atoms with van der Waals surface area (Å²) >= 11 is 0. The molecule has 2 rings (SSSR count). The van der Waals surface area contributed by atoms with Crippen LogP contribution in [0.3, 0.4) is 0 Å². The number of carbonyl (C=O) groups is 1. The predicted octanol–water partition coefficient (Wildman–Crippen LogP) is 1.77. The number of rotatable bonds is 3. The van der Waals surface area contributed by atoms with Gasteiger partial charge in [0.2, 0.25) is 0 Å². The molecule has 0 bridgehead atoms. The Morgan fingerprint density at radius 2 is 2.13 bits per heavy atom. The van der Waals surface area contributed by atoms with E-state index < -0.39 is 0 Å². The molecule has 15 heavy (non-hydrogen) atoms. The highest BCUT2D eigenvalue weighted by Gasteiger charge is 2.06. The van der Waals surface area contributed by atoms with Gasteiger partial charge in [-0.05, 0) is 12.1 Å². The minimum atomic E-state index is -0.335. The first-order valence-electron chi connectivity index (χ1n) is 4.56. The van der Waals surface area contributed by atoms with Gasteiger partial charge in [0.15, 0.2) is 0 Å². The first-order valence-corrected chi connectivity index (χ1v) is 4.56. The summed E-state index contributed by atoms with van der Waals surface area (Å²) in [5.41, 5.74) is 1.26. The number of nitrogens with one attached hydrogen (secondary N) is 1. The smallest absolute Gasteiger partial charge is 0.338 e. The molecule has 1 N–H and O–H groups in total. The van der Waals surface area contributed by atoms with E-state index in [2.05, 4.69) is 9.97 Å². The van der Waals surface area contributed by atoms with Crippen molar-refractivity contribution in [1.82, 2.24) is 9.97 Å². The van der Waals surface area contributed by atoms with Crippen LogP contribution in [0.1, 0.15) is 16.1 Å². The van der Waals surface area contributed by atoms with Crippen molar-refractivity contribution in [3.8, 4) is 0 Å². The first kappa shape index (κ1) is 9.45. The molecule has 2 aromatic rings. The number of benzene rings is 1. The average Bonchev–Trinajstić information content (AvgIpc) is 2.80. The standard InChI is InChI=1S/C11H10N2O2/c14-11(9-4-2-1-3-5-9)15-7-10-6-12-8-13-10/h1-6,8H,7H2,(H,12,13). The lowest BCUT2D eigenvalue weighted by Gasteiger charge is -2.01. The summed E-state index contributed by atoms with van der Waals surface area (Å²) in [6.45, 7) is 0.192. The second-order valence-corrected chi connectivity index (χ2v) is 3.00. The zero-order valence-electron chi connectivity index (χ0n) is 8.01. The zero-order chi connectivity index (χ0) is 10.5. The number of hydrogen-bond acceptors (Lipinski definition) is 3. The Labute approximate surface area is 86.9 Å². The Hall–Kier alpha value is -2.10. The molecule has 0 saturated heterocycles. The van der Waals surface area contributed by atoms with Crippen LogP contribution in [0.4, 0.5) is 0 Å². The van der Waals surface area contributed by atoms with Crippen LogP contribution in [0.25, 0.3) is 0 Å². The quantitative estimate of drug-likeness (QED) is 0.771. The summed E-state index contributed by atoms with van der Waals surface area (Å²) in [4.78, 5) is 18.2. The van der Waals surface area contributed by atoms with Crippen molar-refractivity contribution in [2.75, 3.05) is 0 Å². The number of imidazole rings is 1. The number of hydrogen-bond donors (Lipinski definition) is 1. The maximum Gasteiger partial charge on any atom is 0.338 e. The SMILES string of the molecule is O=C(OCc1c[nH]cn1)c1ccccc1. The third-order valence-corrected chi connectivity index (χ3v) is 1.92. The number of ether oxygens (including phenoxy) is 1. The number of aromatic nitrogens is 2. The lowest BCUT2D eigenvalue weighted by atomic mass is 10.2. The predicted molar refractivity (Wildman–Crippen MR) is 54.1 cm³/mol. The van der Waals surface area contributed by atoms with Crippen LogP contribution in [0.5, 0.6) is 0 Å². The summed E-state index contributed by atoms with van der Waals surface area (Å²) < 4.78 is 5.05. The van der Waals surface area contributed by atoms with Crippen molar-refractivity contribution >= 4 is 5.97 Å². The van der Waals surface area contributed by atoms with Gasteiger partial charge in [-0.25, -0.2) is 9.78 Å². The Balaban J connectivity index is 1.94. The Kier molecular flexibility index (Phi) is 2.78. The molecule has 0 atom stereocenters. The zero-order valence-corrected chi connectivity index (χ0v) is 8.01. The maximum atomic E-state index is 11.5. The highest BCUT2D eigenvalue weighted by atomic mass is 16.5. The number of carbonyl (C=O) groups excluding carboxylic acids is 1. The van der Waals surface area contributed by atoms with E-state index in [1.54, 1.807) is 36.8 Å². The van der Waals surface area contributed by atoms with Gasteiger partial charge >= 0.3 is 5.97 Å². The van der Waals surface area contributed by atoms with Gasteiger partial charge < -0.3 is 9.72 Å². The van der Waals surface area contributed by atoms with E-state index in [0.29, 0.717) is 11.3 Å². The molecule has 0 saturated carbocycles. The van der Waals surface area contributed by atoms with E-state index in [1.165, 1.54) is 0 Å². The third kappa shape index (κ3) is 2.43. The van der Waals surface area contributed by atoms with Gasteiger partial charge in [0.25, 0.3) is 0 Å². The summed E-state index contributed by atoms with van der Waals surface area (Å²) in [5, 5.41) is 0. The summed E-state index contributed by atoms with van der Waals surface area (Å²) in [7, 11) is 0. The van der Waals surface area contributed by atoms with Gasteiger partial charge in [0.05, 0.1) is 17.6 Å². The molecule has 76 valence electrons. The van der Waals surface area contributed by atoms with E-state index in [1.807, 2.05) is 6.07 Å². The van der Waals surface area contributed by atoms with Crippen molar-refractivity contribution in [2.45, 2.75) is 6.61 Å². The maximum absolute atomic E-state index is 11.5. The number of H-pyrrole nitrogens is 1. The van der Waals surface area contributed by atoms with Crippen LogP contribution in [0.2, 0.25) is 0 Å². The van der Waals surface area contributed by atoms with Crippen LogP contribution >= 0.6 is 0 Å². The van der Waals surface area contributed by atoms with Gasteiger partial charge in [-0.15, -0.1) is 0 Å². The van der Waals surface area contributed by atoms with E-state index in [-0.39, 0.29) is 12.6 Å². The highest BCUT2D eigenvalue weighted by Crippen LogP contribution is 2.03. The summed E-state index contributed by atoms with van der Waals surface area (Å²) in [5.74, 6) is -0.335. The number of nitrogens with zero attached hydrogens (tertiary/aromatic N) is 1. The second kappa shape index (κ2) is 4.41. The molecule has 1 aromatic carbocycles. The lowest BCUT2D eigenvalue weighted by Crippen LogP contribution is -2.04. The fourth-order valence-corrected chi connectivity index (χ4v) is 1.17. The minimum Gasteiger partial charge on any atom is -0.456 e. The molecular weight excluding hydrogens is 192 g/mol. The largest absolute Gasteiger partial charge is 0.456 e. The van der Waals surface area contributed by atoms with Gasteiger partial charge in [-0.2, -0.15) is 0 Å². The Morgan fingerprint density at radius 1 is 1.33 bits per heavy atom. The molecule has 0 spiro atoms. The molecule has 0 aliphatic carbocycles. The summed E-state index contributed by atoms with van der Waals surface area (Å²) in [6, 6.07) is 8.88. The van der Waals surface area contributed by atoms with E-state index in [4.69, 9.17) is 4.74 Å². The third-order valence-electron chi connectivity index (χ3n) is 1.92. The fourth-order valence-electron chi connectivity index (χ4n) is 1.17. The molecule has 0 amide bonds. The fraction of sp³-hybridized carbons (Fsp3) is 0.0909. The Bertz CT molecular complexity index is 423. The molecule has 4 heteroatoms. The van der Waals surface area contributed by atoms with Gasteiger partial charge in [-0.3, -0.25) is 0 Å². The molecule has 0 unspecified atom stereocenters. The van der Waals surface area contributed by atoms with Crippen molar-refractivity contribution in [3.63, 3.8) is 0 Å². The number of esters is 1. The molecule has 4 nitrogen and oxygen atoms in total. The number of aromatic amines is 1. The van der Waals surface area contributed by atoms with Crippen LogP contribution in [0, 0.1) is 0 Å². The normalized spacial score (nSPS) is 9.87. The van der Waals surface area contributed by atoms with Crippen LogP contribution in [-0.2, 0) is 11.3 Å². The molecular formula is C11H10N2O2. The molecule has 0 aliphatic heterocycles.